The highest BCUT2D eigenvalue weighted by Gasteiger charge is 2.35. The normalized spacial score (nSPS) is 17.9. The molecule has 1 heterocycles. The number of nitrogens with one attached hydrogen (secondary N) is 1. The molecule has 5 nitrogen and oxygen atoms in total. The number of para-hydroxylation sites is 1. The molecule has 20 heavy (non-hydrogen) atoms. The van der Waals surface area contributed by atoms with Gasteiger partial charge < -0.3 is 10.2 Å². The van der Waals surface area contributed by atoms with Gasteiger partial charge in [0.15, 0.2) is 0 Å². The van der Waals surface area contributed by atoms with Crippen molar-refractivity contribution in [2.45, 2.75) is 19.8 Å². The molecule has 1 unspecified atom stereocenters. The van der Waals surface area contributed by atoms with Gasteiger partial charge in [-0.05, 0) is 18.1 Å². The van der Waals surface area contributed by atoms with Crippen LogP contribution in [-0.2, 0) is 16.0 Å². The van der Waals surface area contributed by atoms with Gasteiger partial charge in [0, 0.05) is 18.7 Å². The Labute approximate surface area is 118 Å². The first-order valence-electron chi connectivity index (χ1n) is 6.70. The van der Waals surface area contributed by atoms with Gasteiger partial charge >= 0.3 is 0 Å². The zero-order valence-corrected chi connectivity index (χ0v) is 11.4. The topological polar surface area (TPSA) is 73.2 Å². The Morgan fingerprint density at radius 2 is 2.25 bits per heavy atom. The van der Waals surface area contributed by atoms with Crippen LogP contribution in [0.5, 0.6) is 0 Å². The lowest BCUT2D eigenvalue weighted by molar-refractivity contribution is -0.126. The molecule has 1 N–H and O–H groups in total. The fourth-order valence-corrected chi connectivity index (χ4v) is 2.46. The number of hydrogen-bond acceptors (Lipinski definition) is 3. The molecular formula is C15H17N3O2. The standard InChI is InChI=1S/C15H17N3O2/c1-2-11-5-3-4-6-13(11)18-10-12(9-14(18)19)15(20)17-8-7-16/h3-6,12H,2,8-10H2,1H3,(H,17,20). The number of aryl methyl sites for hydroxylation is 1. The van der Waals surface area contributed by atoms with E-state index in [1.54, 1.807) is 4.90 Å². The van der Waals surface area contributed by atoms with Gasteiger partial charge in [0.2, 0.25) is 11.8 Å². The Kier molecular flexibility index (Phi) is 4.36. The summed E-state index contributed by atoms with van der Waals surface area (Å²) in [6, 6.07) is 9.60. The maximum atomic E-state index is 12.1. The summed E-state index contributed by atoms with van der Waals surface area (Å²) in [6.45, 7) is 2.40. The molecule has 2 rings (SSSR count). The monoisotopic (exact) mass is 271 g/mol. The molecule has 1 aromatic carbocycles. The van der Waals surface area contributed by atoms with Crippen molar-refractivity contribution >= 4 is 17.5 Å². The number of carbonyl (C=O) groups excluding carboxylic acids is 2. The summed E-state index contributed by atoms with van der Waals surface area (Å²) in [4.78, 5) is 25.6. The Balaban J connectivity index is 2.13. The predicted octanol–water partition coefficient (Wildman–Crippen LogP) is 1.24. The van der Waals surface area contributed by atoms with Crippen LogP contribution >= 0.6 is 0 Å². The second kappa shape index (κ2) is 6.20. The van der Waals surface area contributed by atoms with Crippen molar-refractivity contribution in [3.63, 3.8) is 0 Å². The average Bonchev–Trinajstić information content (AvgIpc) is 2.86. The molecule has 1 aromatic rings. The minimum absolute atomic E-state index is 0.0188. The van der Waals surface area contributed by atoms with Crippen LogP contribution in [0.2, 0.25) is 0 Å². The molecule has 1 fully saturated rings. The first-order valence-corrected chi connectivity index (χ1v) is 6.70. The van der Waals surface area contributed by atoms with Crippen LogP contribution in [0.1, 0.15) is 18.9 Å². The van der Waals surface area contributed by atoms with E-state index in [2.05, 4.69) is 5.32 Å². The highest BCUT2D eigenvalue weighted by Crippen LogP contribution is 2.28. The molecule has 0 aliphatic carbocycles. The number of amides is 2. The maximum Gasteiger partial charge on any atom is 0.227 e. The molecule has 0 aromatic heterocycles. The SMILES string of the molecule is CCc1ccccc1N1CC(C(=O)NCC#N)CC1=O. The number of anilines is 1. The third kappa shape index (κ3) is 2.80. The molecule has 1 atom stereocenters. The van der Waals surface area contributed by atoms with Crippen molar-refractivity contribution in [2.75, 3.05) is 18.0 Å². The van der Waals surface area contributed by atoms with Gasteiger partial charge in [-0.25, -0.2) is 0 Å². The van der Waals surface area contributed by atoms with Crippen LogP contribution in [-0.4, -0.2) is 24.9 Å². The van der Waals surface area contributed by atoms with Crippen molar-refractivity contribution in [1.29, 1.82) is 5.26 Å². The van der Waals surface area contributed by atoms with Gasteiger partial charge in [-0.3, -0.25) is 9.59 Å². The lowest BCUT2D eigenvalue weighted by Gasteiger charge is -2.19. The lowest BCUT2D eigenvalue weighted by atomic mass is 10.1. The fraction of sp³-hybridized carbons (Fsp3) is 0.400. The van der Waals surface area contributed by atoms with Crippen LogP contribution in [0.15, 0.2) is 24.3 Å². The van der Waals surface area contributed by atoms with Crippen molar-refractivity contribution in [3.05, 3.63) is 29.8 Å². The smallest absolute Gasteiger partial charge is 0.227 e. The number of hydrogen-bond donors (Lipinski definition) is 1. The highest BCUT2D eigenvalue weighted by molar-refractivity contribution is 6.00. The minimum atomic E-state index is -0.374. The molecule has 1 aliphatic rings. The average molecular weight is 271 g/mol. The third-order valence-electron chi connectivity index (χ3n) is 3.50. The summed E-state index contributed by atoms with van der Waals surface area (Å²) in [6.07, 6.45) is 1.04. The van der Waals surface area contributed by atoms with Crippen LogP contribution in [0.3, 0.4) is 0 Å². The van der Waals surface area contributed by atoms with Crippen LogP contribution in [0.4, 0.5) is 5.69 Å². The van der Waals surface area contributed by atoms with Gasteiger partial charge in [-0.15, -0.1) is 0 Å². The van der Waals surface area contributed by atoms with E-state index in [0.29, 0.717) is 6.54 Å². The van der Waals surface area contributed by atoms with Crippen LogP contribution in [0.25, 0.3) is 0 Å². The number of benzene rings is 1. The molecule has 5 heteroatoms. The zero-order valence-electron chi connectivity index (χ0n) is 11.4. The number of nitriles is 1. The van der Waals surface area contributed by atoms with E-state index >= 15 is 0 Å². The van der Waals surface area contributed by atoms with E-state index in [9.17, 15) is 9.59 Å². The largest absolute Gasteiger partial charge is 0.343 e. The Bertz CT molecular complexity index is 562. The summed E-state index contributed by atoms with van der Waals surface area (Å²) >= 11 is 0. The van der Waals surface area contributed by atoms with Gasteiger partial charge in [0.05, 0.1) is 12.0 Å². The summed E-state index contributed by atoms with van der Waals surface area (Å²) in [5, 5.41) is 11.0. The first kappa shape index (κ1) is 14.1. The summed E-state index contributed by atoms with van der Waals surface area (Å²) in [5.74, 6) is -0.639. The molecule has 1 aliphatic heterocycles. The second-order valence-corrected chi connectivity index (χ2v) is 4.76. The third-order valence-corrected chi connectivity index (χ3v) is 3.50. The van der Waals surface area contributed by atoms with Gasteiger partial charge in [-0.2, -0.15) is 5.26 Å². The Morgan fingerprint density at radius 3 is 2.95 bits per heavy atom. The molecule has 1 saturated heterocycles. The zero-order chi connectivity index (χ0) is 14.5. The molecular weight excluding hydrogens is 254 g/mol. The van der Waals surface area contributed by atoms with E-state index < -0.39 is 0 Å². The number of rotatable bonds is 4. The lowest BCUT2D eigenvalue weighted by Crippen LogP contribution is -2.33. The summed E-state index contributed by atoms with van der Waals surface area (Å²) in [5.41, 5.74) is 1.98. The van der Waals surface area contributed by atoms with E-state index in [0.717, 1.165) is 17.7 Å². The molecule has 2 amide bonds. The van der Waals surface area contributed by atoms with Crippen molar-refractivity contribution < 1.29 is 9.59 Å². The Hall–Kier alpha value is -2.35. The van der Waals surface area contributed by atoms with Crippen molar-refractivity contribution in [3.8, 4) is 6.07 Å². The summed E-state index contributed by atoms with van der Waals surface area (Å²) < 4.78 is 0. The highest BCUT2D eigenvalue weighted by atomic mass is 16.2. The quantitative estimate of drug-likeness (QED) is 0.837. The Morgan fingerprint density at radius 1 is 1.50 bits per heavy atom. The maximum absolute atomic E-state index is 12.1. The van der Waals surface area contributed by atoms with Crippen LogP contribution in [0, 0.1) is 17.2 Å². The van der Waals surface area contributed by atoms with E-state index in [1.807, 2.05) is 37.3 Å². The predicted molar refractivity (Wildman–Crippen MR) is 74.9 cm³/mol. The van der Waals surface area contributed by atoms with E-state index in [4.69, 9.17) is 5.26 Å². The molecule has 0 saturated carbocycles. The molecule has 0 radical (unpaired) electrons. The fourth-order valence-electron chi connectivity index (χ4n) is 2.46. The summed E-state index contributed by atoms with van der Waals surface area (Å²) in [7, 11) is 0. The van der Waals surface area contributed by atoms with Gasteiger partial charge in [-0.1, -0.05) is 25.1 Å². The van der Waals surface area contributed by atoms with E-state index in [1.165, 1.54) is 0 Å². The second-order valence-electron chi connectivity index (χ2n) is 4.76. The van der Waals surface area contributed by atoms with Gasteiger partial charge in [0.25, 0.3) is 0 Å². The molecule has 0 spiro atoms. The van der Waals surface area contributed by atoms with Crippen molar-refractivity contribution in [2.24, 2.45) is 5.92 Å². The molecule has 0 bridgehead atoms. The first-order chi connectivity index (χ1) is 9.67. The number of carbonyl (C=O) groups is 2. The van der Waals surface area contributed by atoms with Crippen LogP contribution < -0.4 is 10.2 Å². The van der Waals surface area contributed by atoms with Crippen molar-refractivity contribution in [1.82, 2.24) is 5.32 Å². The number of nitrogens with zero attached hydrogens (tertiary/aromatic N) is 2. The molecule has 104 valence electrons. The van der Waals surface area contributed by atoms with E-state index in [-0.39, 0.29) is 30.7 Å². The van der Waals surface area contributed by atoms with Gasteiger partial charge in [0.1, 0.15) is 6.54 Å². The minimum Gasteiger partial charge on any atom is -0.343 e.